The lowest BCUT2D eigenvalue weighted by Gasteiger charge is -2.39. The molecule has 4 nitrogen and oxygen atoms in total. The molecule has 1 aromatic heterocycles. The zero-order valence-electron chi connectivity index (χ0n) is 12.1. The summed E-state index contributed by atoms with van der Waals surface area (Å²) < 4.78 is 2.12. The summed E-state index contributed by atoms with van der Waals surface area (Å²) >= 11 is 0. The molecule has 1 saturated carbocycles. The fourth-order valence-electron chi connectivity index (χ4n) is 2.90. The Hall–Kier alpha value is -0.900. The SMILES string of the molecule is CCc1nc(CC)n(C2CC(C)(C)CCC2N)n1. The number of hydrogen-bond acceptors (Lipinski definition) is 3. The van der Waals surface area contributed by atoms with Crippen LogP contribution in [-0.2, 0) is 12.8 Å². The summed E-state index contributed by atoms with van der Waals surface area (Å²) in [7, 11) is 0. The molecule has 18 heavy (non-hydrogen) atoms. The van der Waals surface area contributed by atoms with E-state index in [1.165, 1.54) is 6.42 Å². The number of aromatic nitrogens is 3. The maximum Gasteiger partial charge on any atom is 0.150 e. The van der Waals surface area contributed by atoms with Crippen molar-refractivity contribution in [1.82, 2.24) is 14.8 Å². The lowest BCUT2D eigenvalue weighted by molar-refractivity contribution is 0.150. The van der Waals surface area contributed by atoms with E-state index in [1.54, 1.807) is 0 Å². The van der Waals surface area contributed by atoms with Crippen molar-refractivity contribution < 1.29 is 0 Å². The molecule has 1 aliphatic rings. The van der Waals surface area contributed by atoms with Crippen LogP contribution in [0.25, 0.3) is 0 Å². The zero-order chi connectivity index (χ0) is 13.3. The van der Waals surface area contributed by atoms with Crippen LogP contribution in [-0.4, -0.2) is 20.8 Å². The Balaban J connectivity index is 2.31. The Kier molecular flexibility index (Phi) is 3.76. The molecule has 2 unspecified atom stereocenters. The van der Waals surface area contributed by atoms with Gasteiger partial charge in [-0.05, 0) is 24.7 Å². The first-order chi connectivity index (χ1) is 8.46. The Labute approximate surface area is 110 Å². The number of nitrogens with two attached hydrogens (primary N) is 1. The van der Waals surface area contributed by atoms with Crippen molar-refractivity contribution in [3.63, 3.8) is 0 Å². The Morgan fingerprint density at radius 3 is 2.67 bits per heavy atom. The summed E-state index contributed by atoms with van der Waals surface area (Å²) in [5.41, 5.74) is 6.68. The van der Waals surface area contributed by atoms with E-state index >= 15 is 0 Å². The second kappa shape index (κ2) is 5.00. The van der Waals surface area contributed by atoms with Gasteiger partial charge in [-0.25, -0.2) is 9.67 Å². The van der Waals surface area contributed by atoms with E-state index in [9.17, 15) is 0 Å². The van der Waals surface area contributed by atoms with Gasteiger partial charge >= 0.3 is 0 Å². The molecule has 1 aliphatic carbocycles. The minimum atomic E-state index is 0.217. The van der Waals surface area contributed by atoms with Crippen LogP contribution in [0.2, 0.25) is 0 Å². The van der Waals surface area contributed by atoms with Gasteiger partial charge in [-0.2, -0.15) is 5.10 Å². The Morgan fingerprint density at radius 2 is 2.06 bits per heavy atom. The van der Waals surface area contributed by atoms with E-state index in [0.29, 0.717) is 11.5 Å². The Morgan fingerprint density at radius 1 is 1.33 bits per heavy atom. The van der Waals surface area contributed by atoms with Crippen LogP contribution in [0.3, 0.4) is 0 Å². The van der Waals surface area contributed by atoms with Crippen molar-refractivity contribution in [2.45, 2.75) is 71.9 Å². The monoisotopic (exact) mass is 250 g/mol. The van der Waals surface area contributed by atoms with Crippen molar-refractivity contribution in [2.24, 2.45) is 11.1 Å². The first kappa shape index (κ1) is 13.5. The first-order valence-electron chi connectivity index (χ1n) is 7.16. The molecular formula is C14H26N4. The van der Waals surface area contributed by atoms with E-state index in [-0.39, 0.29) is 6.04 Å². The lowest BCUT2D eigenvalue weighted by atomic mass is 9.73. The molecule has 1 heterocycles. The third-order valence-electron chi connectivity index (χ3n) is 4.10. The van der Waals surface area contributed by atoms with E-state index < -0.39 is 0 Å². The highest BCUT2D eigenvalue weighted by atomic mass is 15.4. The third kappa shape index (κ3) is 2.58. The Bertz CT molecular complexity index is 408. The predicted molar refractivity (Wildman–Crippen MR) is 73.4 cm³/mol. The highest BCUT2D eigenvalue weighted by molar-refractivity contribution is 4.99. The molecular weight excluding hydrogens is 224 g/mol. The molecule has 0 radical (unpaired) electrons. The van der Waals surface area contributed by atoms with Crippen molar-refractivity contribution >= 4 is 0 Å². The molecule has 0 aromatic carbocycles. The van der Waals surface area contributed by atoms with Crippen molar-refractivity contribution in [2.75, 3.05) is 0 Å². The summed E-state index contributed by atoms with van der Waals surface area (Å²) in [6.45, 7) is 8.90. The van der Waals surface area contributed by atoms with Crippen LogP contribution in [0.5, 0.6) is 0 Å². The van der Waals surface area contributed by atoms with Gasteiger partial charge in [0.25, 0.3) is 0 Å². The summed E-state index contributed by atoms with van der Waals surface area (Å²) in [6, 6.07) is 0.534. The van der Waals surface area contributed by atoms with Crippen molar-refractivity contribution in [3.05, 3.63) is 11.6 Å². The average molecular weight is 250 g/mol. The normalized spacial score (nSPS) is 27.4. The highest BCUT2D eigenvalue weighted by Crippen LogP contribution is 2.40. The van der Waals surface area contributed by atoms with Gasteiger partial charge in [0.15, 0.2) is 5.82 Å². The fraction of sp³-hybridized carbons (Fsp3) is 0.857. The largest absolute Gasteiger partial charge is 0.326 e. The molecule has 0 bridgehead atoms. The third-order valence-corrected chi connectivity index (χ3v) is 4.10. The van der Waals surface area contributed by atoms with Crippen LogP contribution in [0.4, 0.5) is 0 Å². The van der Waals surface area contributed by atoms with Crippen LogP contribution >= 0.6 is 0 Å². The lowest BCUT2D eigenvalue weighted by Crippen LogP contribution is -2.41. The van der Waals surface area contributed by atoms with E-state index in [1.807, 2.05) is 0 Å². The van der Waals surface area contributed by atoms with Gasteiger partial charge in [0, 0.05) is 18.9 Å². The van der Waals surface area contributed by atoms with E-state index in [2.05, 4.69) is 42.5 Å². The number of rotatable bonds is 3. The van der Waals surface area contributed by atoms with Gasteiger partial charge in [-0.3, -0.25) is 0 Å². The average Bonchev–Trinajstić information content (AvgIpc) is 2.75. The molecule has 0 amide bonds. The summed E-state index contributed by atoms with van der Waals surface area (Å²) in [5, 5.41) is 4.66. The second-order valence-corrected chi connectivity index (χ2v) is 6.23. The van der Waals surface area contributed by atoms with E-state index in [0.717, 1.165) is 37.3 Å². The van der Waals surface area contributed by atoms with Crippen molar-refractivity contribution in [3.8, 4) is 0 Å². The molecule has 0 saturated heterocycles. The fourth-order valence-corrected chi connectivity index (χ4v) is 2.90. The maximum absolute atomic E-state index is 6.32. The predicted octanol–water partition coefficient (Wildman–Crippen LogP) is 2.48. The zero-order valence-corrected chi connectivity index (χ0v) is 12.1. The van der Waals surface area contributed by atoms with Gasteiger partial charge in [0.2, 0.25) is 0 Å². The molecule has 2 rings (SSSR count). The number of nitrogens with zero attached hydrogens (tertiary/aromatic N) is 3. The topological polar surface area (TPSA) is 56.7 Å². The minimum Gasteiger partial charge on any atom is -0.326 e. The van der Waals surface area contributed by atoms with Gasteiger partial charge < -0.3 is 5.73 Å². The molecule has 4 heteroatoms. The molecule has 2 N–H and O–H groups in total. The van der Waals surface area contributed by atoms with Crippen LogP contribution in [0, 0.1) is 5.41 Å². The molecule has 0 aliphatic heterocycles. The molecule has 102 valence electrons. The molecule has 1 aromatic rings. The van der Waals surface area contributed by atoms with Gasteiger partial charge in [0.1, 0.15) is 5.82 Å². The summed E-state index contributed by atoms with van der Waals surface area (Å²) in [6.07, 6.45) is 5.22. The van der Waals surface area contributed by atoms with Crippen LogP contribution < -0.4 is 5.73 Å². The number of aryl methyl sites for hydroxylation is 2. The number of hydrogen-bond donors (Lipinski definition) is 1. The molecule has 2 atom stereocenters. The van der Waals surface area contributed by atoms with Crippen molar-refractivity contribution in [1.29, 1.82) is 0 Å². The maximum atomic E-state index is 6.32. The van der Waals surface area contributed by atoms with Gasteiger partial charge in [-0.1, -0.05) is 27.7 Å². The quantitative estimate of drug-likeness (QED) is 0.896. The summed E-state index contributed by atoms with van der Waals surface area (Å²) in [4.78, 5) is 4.60. The second-order valence-electron chi connectivity index (χ2n) is 6.23. The standard InChI is InChI=1S/C14H26N4/c1-5-12-16-13(6-2)18(17-12)11-9-14(3,4)8-7-10(11)15/h10-11H,5-9,15H2,1-4H3. The van der Waals surface area contributed by atoms with Gasteiger partial charge in [0.05, 0.1) is 6.04 Å². The smallest absolute Gasteiger partial charge is 0.150 e. The molecule has 0 spiro atoms. The van der Waals surface area contributed by atoms with Gasteiger partial charge in [-0.15, -0.1) is 0 Å². The van der Waals surface area contributed by atoms with Crippen LogP contribution in [0.1, 0.15) is 64.6 Å². The highest BCUT2D eigenvalue weighted by Gasteiger charge is 2.35. The minimum absolute atomic E-state index is 0.217. The van der Waals surface area contributed by atoms with E-state index in [4.69, 9.17) is 5.73 Å². The van der Waals surface area contributed by atoms with Crippen LogP contribution in [0.15, 0.2) is 0 Å². The first-order valence-corrected chi connectivity index (χ1v) is 7.16. The summed E-state index contributed by atoms with van der Waals surface area (Å²) in [5.74, 6) is 2.03. The molecule has 1 fully saturated rings.